The summed E-state index contributed by atoms with van der Waals surface area (Å²) in [5.41, 5.74) is 0. The third-order valence-electron chi connectivity index (χ3n) is 4.36. The number of carbonyl (C=O) groups excluding carboxylic acids is 1. The smallest absolute Gasteiger partial charge is 0.133 e. The van der Waals surface area contributed by atoms with Gasteiger partial charge in [-0.1, -0.05) is 6.92 Å². The molecule has 3 atom stereocenters. The highest BCUT2D eigenvalue weighted by atomic mass is 32.2. The van der Waals surface area contributed by atoms with Crippen molar-refractivity contribution in [2.24, 2.45) is 5.92 Å². The average Bonchev–Trinajstić information content (AvgIpc) is 2.32. The van der Waals surface area contributed by atoms with Crippen LogP contribution < -0.4 is 0 Å². The Kier molecular flexibility index (Phi) is 4.92. The molecule has 2 rings (SSSR count). The predicted octanol–water partition coefficient (Wildman–Crippen LogP) is 2.96. The number of likely N-dealkylation sites (tertiary alicyclic amines) is 1. The van der Waals surface area contributed by atoms with Gasteiger partial charge in [0.1, 0.15) is 5.78 Å². The van der Waals surface area contributed by atoms with Gasteiger partial charge in [-0.15, -0.1) is 0 Å². The van der Waals surface area contributed by atoms with E-state index in [4.69, 9.17) is 0 Å². The number of thioether (sulfide) groups is 1. The number of Topliss-reactive ketones (excluding diaryl/α,β-unsaturated/α-hetero) is 1. The largest absolute Gasteiger partial charge is 0.300 e. The molecule has 0 aromatic rings. The summed E-state index contributed by atoms with van der Waals surface area (Å²) in [5.74, 6) is 2.43. The molecule has 0 aromatic carbocycles. The van der Waals surface area contributed by atoms with E-state index in [1.165, 1.54) is 31.6 Å². The first-order valence-electron chi connectivity index (χ1n) is 7.02. The van der Waals surface area contributed by atoms with Crippen molar-refractivity contribution >= 4 is 17.5 Å². The lowest BCUT2D eigenvalue weighted by molar-refractivity contribution is -0.124. The van der Waals surface area contributed by atoms with Crippen LogP contribution in [-0.4, -0.2) is 41.3 Å². The van der Waals surface area contributed by atoms with E-state index in [-0.39, 0.29) is 0 Å². The van der Waals surface area contributed by atoms with Gasteiger partial charge in [0.25, 0.3) is 0 Å². The summed E-state index contributed by atoms with van der Waals surface area (Å²) in [7, 11) is 0. The van der Waals surface area contributed by atoms with Gasteiger partial charge in [-0.05, 0) is 44.4 Å². The van der Waals surface area contributed by atoms with Gasteiger partial charge >= 0.3 is 0 Å². The van der Waals surface area contributed by atoms with Crippen LogP contribution in [0.3, 0.4) is 0 Å². The van der Waals surface area contributed by atoms with Crippen LogP contribution in [0.2, 0.25) is 0 Å². The van der Waals surface area contributed by atoms with Crippen molar-refractivity contribution in [2.75, 3.05) is 18.6 Å². The Morgan fingerprint density at radius 1 is 1.35 bits per heavy atom. The van der Waals surface area contributed by atoms with Crippen LogP contribution in [0.1, 0.15) is 45.4 Å². The predicted molar refractivity (Wildman–Crippen MR) is 74.5 cm³/mol. The van der Waals surface area contributed by atoms with E-state index >= 15 is 0 Å². The Balaban J connectivity index is 2.04. The molecule has 2 fully saturated rings. The van der Waals surface area contributed by atoms with E-state index in [9.17, 15) is 4.79 Å². The summed E-state index contributed by atoms with van der Waals surface area (Å²) in [5, 5.41) is 0. The van der Waals surface area contributed by atoms with E-state index < -0.39 is 0 Å². The number of rotatable bonds is 4. The Labute approximate surface area is 110 Å². The van der Waals surface area contributed by atoms with Crippen molar-refractivity contribution in [1.29, 1.82) is 0 Å². The quantitative estimate of drug-likeness (QED) is 0.770. The molecule has 0 bridgehead atoms. The molecule has 1 saturated carbocycles. The molecule has 1 aliphatic carbocycles. The lowest BCUT2D eigenvalue weighted by Gasteiger charge is -2.48. The molecule has 3 heteroatoms. The zero-order chi connectivity index (χ0) is 12.3. The third-order valence-corrected chi connectivity index (χ3v) is 5.08. The maximum atomic E-state index is 11.6. The van der Waals surface area contributed by atoms with Crippen molar-refractivity contribution in [3.8, 4) is 0 Å². The highest BCUT2D eigenvalue weighted by Crippen LogP contribution is 2.37. The highest BCUT2D eigenvalue weighted by Gasteiger charge is 2.39. The van der Waals surface area contributed by atoms with Gasteiger partial charge in [-0.3, -0.25) is 9.69 Å². The molecular formula is C14H25NOS. The van der Waals surface area contributed by atoms with Gasteiger partial charge in [-0.25, -0.2) is 0 Å². The molecule has 2 aliphatic rings. The number of carbonyl (C=O) groups is 1. The van der Waals surface area contributed by atoms with Crippen LogP contribution >= 0.6 is 11.8 Å². The van der Waals surface area contributed by atoms with Gasteiger partial charge in [-0.2, -0.15) is 11.8 Å². The lowest BCUT2D eigenvalue weighted by Crippen LogP contribution is -2.54. The van der Waals surface area contributed by atoms with E-state index in [2.05, 4.69) is 18.1 Å². The first-order chi connectivity index (χ1) is 8.26. The van der Waals surface area contributed by atoms with E-state index in [0.29, 0.717) is 17.7 Å². The number of hydrogen-bond donors (Lipinski definition) is 0. The molecule has 1 heterocycles. The Hall–Kier alpha value is -0.0200. The van der Waals surface area contributed by atoms with Gasteiger partial charge in [0.15, 0.2) is 0 Å². The number of ketones is 1. The molecule has 0 spiro atoms. The first kappa shape index (κ1) is 13.4. The molecule has 3 unspecified atom stereocenters. The molecule has 17 heavy (non-hydrogen) atoms. The summed E-state index contributed by atoms with van der Waals surface area (Å²) in [6.45, 7) is 3.49. The van der Waals surface area contributed by atoms with Crippen molar-refractivity contribution in [1.82, 2.24) is 4.90 Å². The molecule has 1 aliphatic heterocycles. The zero-order valence-corrected chi connectivity index (χ0v) is 12.0. The number of piperidine rings is 1. The maximum Gasteiger partial charge on any atom is 0.133 e. The Morgan fingerprint density at radius 3 is 2.88 bits per heavy atom. The van der Waals surface area contributed by atoms with Crippen LogP contribution in [0.15, 0.2) is 0 Å². The SMILES string of the molecule is CCCN1C(CSC)CCC2CC(=O)CCC21. The van der Waals surface area contributed by atoms with Crippen LogP contribution in [0.4, 0.5) is 0 Å². The molecule has 0 amide bonds. The van der Waals surface area contributed by atoms with Crippen LogP contribution in [0.5, 0.6) is 0 Å². The summed E-state index contributed by atoms with van der Waals surface area (Å²) in [6, 6.07) is 1.47. The Bertz CT molecular complexity index is 269. The summed E-state index contributed by atoms with van der Waals surface area (Å²) in [6.07, 6.45) is 8.83. The van der Waals surface area contributed by atoms with Gasteiger partial charge in [0.05, 0.1) is 0 Å². The van der Waals surface area contributed by atoms with E-state index in [0.717, 1.165) is 25.3 Å². The summed E-state index contributed by atoms with van der Waals surface area (Å²) < 4.78 is 0. The minimum Gasteiger partial charge on any atom is -0.300 e. The monoisotopic (exact) mass is 255 g/mol. The fourth-order valence-corrected chi connectivity index (χ4v) is 4.37. The standard InChI is InChI=1S/C14H25NOS/c1-3-8-15-12(10-17-2)5-4-11-9-13(16)6-7-14(11)15/h11-12,14H,3-10H2,1-2H3. The van der Waals surface area contributed by atoms with Crippen molar-refractivity contribution in [3.63, 3.8) is 0 Å². The lowest BCUT2D eigenvalue weighted by atomic mass is 9.76. The molecule has 0 radical (unpaired) electrons. The highest BCUT2D eigenvalue weighted by molar-refractivity contribution is 7.98. The number of hydrogen-bond acceptors (Lipinski definition) is 3. The molecule has 98 valence electrons. The topological polar surface area (TPSA) is 20.3 Å². The second-order valence-electron chi connectivity index (χ2n) is 5.53. The van der Waals surface area contributed by atoms with E-state index in [1.807, 2.05) is 11.8 Å². The summed E-state index contributed by atoms with van der Waals surface area (Å²) in [4.78, 5) is 14.3. The number of nitrogens with zero attached hydrogens (tertiary/aromatic N) is 1. The van der Waals surface area contributed by atoms with Crippen molar-refractivity contribution < 1.29 is 4.79 Å². The van der Waals surface area contributed by atoms with Gasteiger partial charge < -0.3 is 0 Å². The zero-order valence-electron chi connectivity index (χ0n) is 11.2. The first-order valence-corrected chi connectivity index (χ1v) is 8.42. The summed E-state index contributed by atoms with van der Waals surface area (Å²) >= 11 is 1.97. The molecule has 0 aromatic heterocycles. The minimum absolute atomic E-state index is 0.506. The second kappa shape index (κ2) is 6.24. The molecule has 2 nitrogen and oxygen atoms in total. The maximum absolute atomic E-state index is 11.6. The Morgan fingerprint density at radius 2 is 2.18 bits per heavy atom. The normalized spacial score (nSPS) is 34.7. The van der Waals surface area contributed by atoms with Crippen molar-refractivity contribution in [3.05, 3.63) is 0 Å². The third kappa shape index (κ3) is 3.05. The second-order valence-corrected chi connectivity index (χ2v) is 6.44. The number of fused-ring (bicyclic) bond motifs is 1. The fourth-order valence-electron chi connectivity index (χ4n) is 3.63. The van der Waals surface area contributed by atoms with Crippen LogP contribution in [-0.2, 0) is 4.79 Å². The van der Waals surface area contributed by atoms with Crippen LogP contribution in [0, 0.1) is 5.92 Å². The van der Waals surface area contributed by atoms with E-state index in [1.54, 1.807) is 0 Å². The molecule has 1 saturated heterocycles. The fraction of sp³-hybridized carbons (Fsp3) is 0.929. The van der Waals surface area contributed by atoms with Gasteiger partial charge in [0.2, 0.25) is 0 Å². The van der Waals surface area contributed by atoms with Crippen molar-refractivity contribution in [2.45, 2.75) is 57.5 Å². The van der Waals surface area contributed by atoms with Crippen LogP contribution in [0.25, 0.3) is 0 Å². The minimum atomic E-state index is 0.506. The van der Waals surface area contributed by atoms with Gasteiger partial charge in [0, 0.05) is 30.7 Å². The average molecular weight is 255 g/mol. The molecular weight excluding hydrogens is 230 g/mol. The molecule has 0 N–H and O–H groups in total.